The Labute approximate surface area is 163 Å². The largest absolute Gasteiger partial charge is 0.497 e. The molecule has 0 fully saturated rings. The molecular weight excluding hydrogens is 352 g/mol. The summed E-state index contributed by atoms with van der Waals surface area (Å²) in [6, 6.07) is 14.3. The zero-order valence-electron chi connectivity index (χ0n) is 16.2. The van der Waals surface area contributed by atoms with Gasteiger partial charge < -0.3 is 19.2 Å². The minimum absolute atomic E-state index is 0.0687. The maximum Gasteiger partial charge on any atom is 0.220 e. The molecule has 1 amide bonds. The molecule has 4 rings (SSSR count). The normalized spacial score (nSPS) is 11.2. The fourth-order valence-electron chi connectivity index (χ4n) is 3.50. The molecule has 0 aliphatic carbocycles. The van der Waals surface area contributed by atoms with Crippen molar-refractivity contribution >= 4 is 27.8 Å². The van der Waals surface area contributed by atoms with E-state index in [9.17, 15) is 4.79 Å². The lowest BCUT2D eigenvalue weighted by atomic mass is 10.1. The van der Waals surface area contributed by atoms with Crippen molar-refractivity contribution in [1.82, 2.24) is 19.4 Å². The number of ether oxygens (including phenoxy) is 1. The minimum atomic E-state index is 0.0687. The van der Waals surface area contributed by atoms with Gasteiger partial charge in [-0.2, -0.15) is 0 Å². The predicted octanol–water partition coefficient (Wildman–Crippen LogP) is 3.29. The van der Waals surface area contributed by atoms with Gasteiger partial charge in [0.2, 0.25) is 5.91 Å². The second-order valence-electron chi connectivity index (χ2n) is 6.96. The highest BCUT2D eigenvalue weighted by molar-refractivity contribution is 5.82. The summed E-state index contributed by atoms with van der Waals surface area (Å²) >= 11 is 0. The molecule has 0 aliphatic rings. The lowest BCUT2D eigenvalue weighted by Crippen LogP contribution is -2.27. The third-order valence-electron chi connectivity index (χ3n) is 5.08. The van der Waals surface area contributed by atoms with Gasteiger partial charge in [-0.1, -0.05) is 6.07 Å². The molecule has 2 heterocycles. The van der Waals surface area contributed by atoms with Gasteiger partial charge in [0.25, 0.3) is 0 Å². The number of carbonyl (C=O) groups excluding carboxylic acids is 1. The quantitative estimate of drug-likeness (QED) is 0.538. The van der Waals surface area contributed by atoms with Gasteiger partial charge >= 0.3 is 0 Å². The fraction of sp³-hybridized carbons (Fsp3) is 0.273. The van der Waals surface area contributed by atoms with Crippen molar-refractivity contribution < 1.29 is 9.53 Å². The van der Waals surface area contributed by atoms with Crippen molar-refractivity contribution in [3.05, 3.63) is 60.6 Å². The highest BCUT2D eigenvalue weighted by Crippen LogP contribution is 2.21. The number of aryl methyl sites for hydroxylation is 2. The molecule has 0 saturated heterocycles. The van der Waals surface area contributed by atoms with Gasteiger partial charge in [-0.25, -0.2) is 4.98 Å². The number of nitrogens with zero attached hydrogens (tertiary/aromatic N) is 3. The van der Waals surface area contributed by atoms with Crippen molar-refractivity contribution in [1.29, 1.82) is 0 Å². The number of hydrogen-bond acceptors (Lipinski definition) is 3. The summed E-state index contributed by atoms with van der Waals surface area (Å²) in [5.74, 6) is 0.918. The van der Waals surface area contributed by atoms with E-state index in [1.807, 2.05) is 42.3 Å². The number of carbonyl (C=O) groups is 1. The van der Waals surface area contributed by atoms with E-state index in [0.29, 0.717) is 19.4 Å². The van der Waals surface area contributed by atoms with Crippen molar-refractivity contribution in [2.45, 2.75) is 19.4 Å². The van der Waals surface area contributed by atoms with Gasteiger partial charge in [0.15, 0.2) is 0 Å². The number of aromatic nitrogens is 3. The number of benzene rings is 2. The highest BCUT2D eigenvalue weighted by atomic mass is 16.5. The summed E-state index contributed by atoms with van der Waals surface area (Å²) in [6.45, 7) is 1.34. The Bertz CT molecular complexity index is 1130. The van der Waals surface area contributed by atoms with E-state index in [0.717, 1.165) is 39.8 Å². The molecule has 6 nitrogen and oxygen atoms in total. The Hall–Kier alpha value is -3.28. The summed E-state index contributed by atoms with van der Waals surface area (Å²) in [5, 5.41) is 4.15. The van der Waals surface area contributed by atoms with Gasteiger partial charge in [0, 0.05) is 43.7 Å². The average molecular weight is 376 g/mol. The van der Waals surface area contributed by atoms with Crippen LogP contribution in [0.25, 0.3) is 21.9 Å². The Morgan fingerprint density at radius 2 is 2.00 bits per heavy atom. The van der Waals surface area contributed by atoms with Crippen LogP contribution in [-0.2, 0) is 24.8 Å². The lowest BCUT2D eigenvalue weighted by Gasteiger charge is -2.08. The first kappa shape index (κ1) is 18.1. The molecule has 0 spiro atoms. The van der Waals surface area contributed by atoms with Crippen LogP contribution in [-0.4, -0.2) is 33.7 Å². The molecule has 144 valence electrons. The first-order valence-electron chi connectivity index (χ1n) is 9.43. The maximum atomic E-state index is 12.2. The van der Waals surface area contributed by atoms with Gasteiger partial charge in [0.1, 0.15) is 5.75 Å². The topological polar surface area (TPSA) is 61.1 Å². The van der Waals surface area contributed by atoms with Gasteiger partial charge in [-0.15, -0.1) is 0 Å². The summed E-state index contributed by atoms with van der Waals surface area (Å²) in [6.07, 6.45) is 5.03. The molecule has 0 atom stereocenters. The number of methoxy groups -OCH3 is 1. The zero-order chi connectivity index (χ0) is 19.5. The summed E-state index contributed by atoms with van der Waals surface area (Å²) in [4.78, 5) is 16.6. The van der Waals surface area contributed by atoms with Gasteiger partial charge in [-0.05, 0) is 48.4 Å². The molecule has 28 heavy (non-hydrogen) atoms. The number of amides is 1. The van der Waals surface area contributed by atoms with Crippen LogP contribution >= 0.6 is 0 Å². The molecule has 0 saturated carbocycles. The molecule has 2 aromatic carbocycles. The van der Waals surface area contributed by atoms with Crippen LogP contribution in [0.15, 0.2) is 55.0 Å². The fourth-order valence-corrected chi connectivity index (χ4v) is 3.50. The molecule has 1 N–H and O–H groups in total. The molecule has 0 unspecified atom stereocenters. The van der Waals surface area contributed by atoms with Crippen LogP contribution in [0.4, 0.5) is 0 Å². The molecule has 0 aliphatic heterocycles. The van der Waals surface area contributed by atoms with E-state index in [1.54, 1.807) is 7.11 Å². The summed E-state index contributed by atoms with van der Waals surface area (Å²) in [7, 11) is 3.65. The van der Waals surface area contributed by atoms with Gasteiger partial charge in [0.05, 0.1) is 24.5 Å². The van der Waals surface area contributed by atoms with Crippen LogP contribution in [0.5, 0.6) is 5.75 Å². The third-order valence-corrected chi connectivity index (χ3v) is 5.08. The zero-order valence-corrected chi connectivity index (χ0v) is 16.2. The summed E-state index contributed by atoms with van der Waals surface area (Å²) in [5.41, 5.74) is 4.34. The van der Waals surface area contributed by atoms with E-state index in [-0.39, 0.29) is 5.91 Å². The van der Waals surface area contributed by atoms with Crippen molar-refractivity contribution in [2.75, 3.05) is 13.7 Å². The maximum absolute atomic E-state index is 12.2. The second-order valence-corrected chi connectivity index (χ2v) is 6.96. The van der Waals surface area contributed by atoms with E-state index in [1.165, 1.54) is 0 Å². The molecular formula is C22H24N4O2. The number of hydrogen-bond donors (Lipinski definition) is 1. The molecule has 0 bridgehead atoms. The second kappa shape index (κ2) is 7.76. The van der Waals surface area contributed by atoms with Crippen molar-refractivity contribution in [2.24, 2.45) is 7.05 Å². The molecule has 0 radical (unpaired) electrons. The monoisotopic (exact) mass is 376 g/mol. The lowest BCUT2D eigenvalue weighted by molar-refractivity contribution is -0.121. The SMILES string of the molecule is COc1ccc2c(ccn2CCNC(=O)CCc2ccc3c(c2)ncn3C)c1. The highest BCUT2D eigenvalue weighted by Gasteiger charge is 2.06. The van der Waals surface area contributed by atoms with E-state index in [2.05, 4.69) is 39.1 Å². The first-order valence-corrected chi connectivity index (χ1v) is 9.43. The predicted molar refractivity (Wildman–Crippen MR) is 111 cm³/mol. The van der Waals surface area contributed by atoms with Crippen molar-refractivity contribution in [3.63, 3.8) is 0 Å². The molecule has 4 aromatic rings. The number of rotatable bonds is 7. The third kappa shape index (κ3) is 3.71. The molecule has 2 aromatic heterocycles. The Morgan fingerprint density at radius 1 is 1.14 bits per heavy atom. The number of fused-ring (bicyclic) bond motifs is 2. The Morgan fingerprint density at radius 3 is 2.86 bits per heavy atom. The number of nitrogens with one attached hydrogen (secondary N) is 1. The average Bonchev–Trinajstić information content (AvgIpc) is 3.29. The molecule has 6 heteroatoms. The van der Waals surface area contributed by atoms with Crippen LogP contribution in [0.3, 0.4) is 0 Å². The Balaban J connectivity index is 1.28. The smallest absolute Gasteiger partial charge is 0.220 e. The first-order chi connectivity index (χ1) is 13.6. The van der Waals surface area contributed by atoms with Crippen LogP contribution in [0.2, 0.25) is 0 Å². The van der Waals surface area contributed by atoms with Crippen LogP contribution in [0.1, 0.15) is 12.0 Å². The Kier molecular flexibility index (Phi) is 5.02. The van der Waals surface area contributed by atoms with Crippen LogP contribution in [0, 0.1) is 0 Å². The van der Waals surface area contributed by atoms with Gasteiger partial charge in [-0.3, -0.25) is 4.79 Å². The van der Waals surface area contributed by atoms with E-state index < -0.39 is 0 Å². The minimum Gasteiger partial charge on any atom is -0.497 e. The van der Waals surface area contributed by atoms with E-state index in [4.69, 9.17) is 4.74 Å². The van der Waals surface area contributed by atoms with Crippen LogP contribution < -0.4 is 10.1 Å². The van der Waals surface area contributed by atoms with Crippen molar-refractivity contribution in [3.8, 4) is 5.75 Å². The van der Waals surface area contributed by atoms with E-state index >= 15 is 0 Å². The number of imidazole rings is 1. The standard InChI is InChI=1S/C22H24N4O2/c1-25-15-24-19-13-16(3-6-21(19)25)4-8-22(27)23-10-12-26-11-9-17-14-18(28-2)5-7-20(17)26/h3,5-7,9,11,13-15H,4,8,10,12H2,1-2H3,(H,23,27). The summed E-state index contributed by atoms with van der Waals surface area (Å²) < 4.78 is 9.40.